The highest BCUT2D eigenvalue weighted by molar-refractivity contribution is 7.98. The Kier molecular flexibility index (Phi) is 10.3. The number of H-pyrrole nitrogens is 2. The molecular formula is C25H33N7O5S. The number of nitrogens with one attached hydrogen (secondary N) is 5. The van der Waals surface area contributed by atoms with Crippen molar-refractivity contribution in [1.29, 1.82) is 0 Å². The van der Waals surface area contributed by atoms with Crippen LogP contribution in [0.3, 0.4) is 0 Å². The molecule has 4 atom stereocenters. The summed E-state index contributed by atoms with van der Waals surface area (Å²) < 4.78 is 0. The molecule has 0 fully saturated rings. The van der Waals surface area contributed by atoms with Gasteiger partial charge in [-0.05, 0) is 37.0 Å². The third-order valence-electron chi connectivity index (χ3n) is 6.04. The third-order valence-corrected chi connectivity index (χ3v) is 6.68. The minimum atomic E-state index is -1.20. The highest BCUT2D eigenvalue weighted by atomic mass is 32.2. The standard InChI is InChI=1S/C25H33N7O5S/c1-14(25(36)37)30-24(35)21(9-15-11-28-19-6-4-3-5-17(15)19)32-23(34)20(7-8-38-2)31-22(33)18(26)10-16-12-27-13-29-16/h3-6,11-14,18,20-21,28H,7-10,26H2,1-2H3,(H,27,29)(H,30,35)(H,31,33)(H,32,34)(H,36,37). The molecule has 3 rings (SSSR count). The van der Waals surface area contributed by atoms with Gasteiger partial charge >= 0.3 is 5.97 Å². The summed E-state index contributed by atoms with van der Waals surface area (Å²) in [6.45, 7) is 1.34. The van der Waals surface area contributed by atoms with Crippen LogP contribution in [-0.2, 0) is 32.0 Å². The van der Waals surface area contributed by atoms with Gasteiger partial charge in [-0.3, -0.25) is 19.2 Å². The summed E-state index contributed by atoms with van der Waals surface area (Å²) in [5, 5.41) is 18.0. The predicted molar refractivity (Wildman–Crippen MR) is 144 cm³/mol. The fraction of sp³-hybridized carbons (Fsp3) is 0.400. The number of benzene rings is 1. The van der Waals surface area contributed by atoms with E-state index < -0.39 is 47.9 Å². The number of hydrogen-bond donors (Lipinski definition) is 7. The molecule has 2 heterocycles. The lowest BCUT2D eigenvalue weighted by Gasteiger charge is -2.24. The number of thioether (sulfide) groups is 1. The van der Waals surface area contributed by atoms with Gasteiger partial charge in [-0.2, -0.15) is 11.8 Å². The molecule has 13 heteroatoms. The first kappa shape index (κ1) is 28.7. The Bertz CT molecular complexity index is 1250. The van der Waals surface area contributed by atoms with E-state index in [-0.39, 0.29) is 12.8 Å². The SMILES string of the molecule is CSCCC(NC(=O)C(N)Cc1cnc[nH]1)C(=O)NC(Cc1c[nH]c2ccccc12)C(=O)NC(C)C(=O)O. The number of carbonyl (C=O) groups is 4. The summed E-state index contributed by atoms with van der Waals surface area (Å²) in [6, 6.07) is 3.41. The van der Waals surface area contributed by atoms with E-state index in [4.69, 9.17) is 5.73 Å². The summed E-state index contributed by atoms with van der Waals surface area (Å²) in [7, 11) is 0. The van der Waals surface area contributed by atoms with Gasteiger partial charge in [-0.25, -0.2) is 4.98 Å². The Balaban J connectivity index is 1.77. The molecule has 204 valence electrons. The third kappa shape index (κ3) is 7.83. The largest absolute Gasteiger partial charge is 0.480 e. The van der Waals surface area contributed by atoms with Crippen LogP contribution in [0.15, 0.2) is 43.0 Å². The molecule has 1 aromatic carbocycles. The first-order valence-corrected chi connectivity index (χ1v) is 13.5. The molecule has 0 bridgehead atoms. The van der Waals surface area contributed by atoms with Crippen LogP contribution in [0.1, 0.15) is 24.6 Å². The molecule has 3 amide bonds. The number of carboxylic acid groups (broad SMARTS) is 1. The summed E-state index contributed by atoms with van der Waals surface area (Å²) in [5.41, 5.74) is 8.36. The van der Waals surface area contributed by atoms with E-state index in [0.717, 1.165) is 16.5 Å². The molecule has 0 radical (unpaired) electrons. The molecule has 0 aliphatic carbocycles. The Morgan fingerprint density at radius 1 is 1.03 bits per heavy atom. The molecule has 8 N–H and O–H groups in total. The quantitative estimate of drug-likeness (QED) is 0.151. The maximum atomic E-state index is 13.4. The van der Waals surface area contributed by atoms with E-state index in [2.05, 4.69) is 30.9 Å². The maximum absolute atomic E-state index is 13.4. The van der Waals surface area contributed by atoms with E-state index in [0.29, 0.717) is 17.9 Å². The molecule has 0 aliphatic heterocycles. The highest BCUT2D eigenvalue weighted by Gasteiger charge is 2.30. The zero-order chi connectivity index (χ0) is 27.7. The van der Waals surface area contributed by atoms with Crippen molar-refractivity contribution in [2.75, 3.05) is 12.0 Å². The van der Waals surface area contributed by atoms with Crippen LogP contribution < -0.4 is 21.7 Å². The molecule has 12 nitrogen and oxygen atoms in total. The van der Waals surface area contributed by atoms with Crippen molar-refractivity contribution < 1.29 is 24.3 Å². The van der Waals surface area contributed by atoms with E-state index in [1.54, 1.807) is 12.4 Å². The van der Waals surface area contributed by atoms with E-state index >= 15 is 0 Å². The van der Waals surface area contributed by atoms with Crippen molar-refractivity contribution in [2.45, 2.75) is 50.4 Å². The van der Waals surface area contributed by atoms with Gasteiger partial charge in [0.25, 0.3) is 0 Å². The van der Waals surface area contributed by atoms with Gasteiger partial charge in [-0.1, -0.05) is 18.2 Å². The average Bonchev–Trinajstić information content (AvgIpc) is 3.55. The minimum Gasteiger partial charge on any atom is -0.480 e. The Morgan fingerprint density at radius 3 is 2.42 bits per heavy atom. The molecule has 0 spiro atoms. The van der Waals surface area contributed by atoms with E-state index in [1.807, 2.05) is 30.5 Å². The topological polar surface area (TPSA) is 195 Å². The number of hydrogen-bond acceptors (Lipinski definition) is 7. The van der Waals surface area contributed by atoms with Gasteiger partial charge in [0, 0.05) is 41.8 Å². The number of rotatable bonds is 14. The Hall–Kier alpha value is -3.84. The second-order valence-corrected chi connectivity index (χ2v) is 9.91. The summed E-state index contributed by atoms with van der Waals surface area (Å²) in [6.07, 6.45) is 7.30. The Morgan fingerprint density at radius 2 is 1.74 bits per heavy atom. The number of fused-ring (bicyclic) bond motifs is 1. The number of para-hydroxylation sites is 1. The molecular weight excluding hydrogens is 510 g/mol. The average molecular weight is 544 g/mol. The number of carboxylic acids is 1. The van der Waals surface area contributed by atoms with Crippen molar-refractivity contribution in [3.05, 3.63) is 54.2 Å². The number of amides is 3. The van der Waals surface area contributed by atoms with Crippen LogP contribution in [0.5, 0.6) is 0 Å². The highest BCUT2D eigenvalue weighted by Crippen LogP contribution is 2.19. The zero-order valence-corrected chi connectivity index (χ0v) is 22.0. The number of aromatic nitrogens is 3. The van der Waals surface area contributed by atoms with E-state index in [1.165, 1.54) is 25.0 Å². The van der Waals surface area contributed by atoms with Crippen molar-refractivity contribution in [3.63, 3.8) is 0 Å². The lowest BCUT2D eigenvalue weighted by atomic mass is 10.0. The number of imidazole rings is 1. The molecule has 4 unspecified atom stereocenters. The monoisotopic (exact) mass is 543 g/mol. The maximum Gasteiger partial charge on any atom is 0.325 e. The zero-order valence-electron chi connectivity index (χ0n) is 21.2. The van der Waals surface area contributed by atoms with Crippen molar-refractivity contribution in [2.24, 2.45) is 5.73 Å². The molecule has 0 saturated carbocycles. The number of nitrogens with two attached hydrogens (primary N) is 1. The fourth-order valence-electron chi connectivity index (χ4n) is 3.89. The summed E-state index contributed by atoms with van der Waals surface area (Å²) in [5.74, 6) is -2.36. The van der Waals surface area contributed by atoms with Crippen LogP contribution in [0.25, 0.3) is 10.9 Å². The fourth-order valence-corrected chi connectivity index (χ4v) is 4.36. The molecule has 38 heavy (non-hydrogen) atoms. The van der Waals surface area contributed by atoms with Crippen molar-refractivity contribution in [1.82, 2.24) is 30.9 Å². The summed E-state index contributed by atoms with van der Waals surface area (Å²) >= 11 is 1.50. The van der Waals surface area contributed by atoms with Crippen LogP contribution in [0.2, 0.25) is 0 Å². The summed E-state index contributed by atoms with van der Waals surface area (Å²) in [4.78, 5) is 60.5. The molecule has 0 aliphatic rings. The second-order valence-electron chi connectivity index (χ2n) is 8.92. The van der Waals surface area contributed by atoms with Gasteiger partial charge in [0.2, 0.25) is 17.7 Å². The predicted octanol–water partition coefficient (Wildman–Crippen LogP) is 0.316. The van der Waals surface area contributed by atoms with Crippen molar-refractivity contribution in [3.8, 4) is 0 Å². The van der Waals surface area contributed by atoms with Crippen LogP contribution in [0.4, 0.5) is 0 Å². The van der Waals surface area contributed by atoms with Gasteiger partial charge in [-0.15, -0.1) is 0 Å². The first-order valence-electron chi connectivity index (χ1n) is 12.1. The first-order chi connectivity index (χ1) is 18.2. The lowest BCUT2D eigenvalue weighted by Crippen LogP contribution is -2.57. The van der Waals surface area contributed by atoms with E-state index in [9.17, 15) is 24.3 Å². The van der Waals surface area contributed by atoms with Crippen LogP contribution >= 0.6 is 11.8 Å². The number of carbonyl (C=O) groups excluding carboxylic acids is 3. The molecule has 3 aromatic rings. The van der Waals surface area contributed by atoms with Crippen molar-refractivity contribution >= 4 is 46.4 Å². The number of nitrogens with zero attached hydrogens (tertiary/aromatic N) is 1. The molecule has 2 aromatic heterocycles. The lowest BCUT2D eigenvalue weighted by molar-refractivity contribution is -0.141. The van der Waals surface area contributed by atoms with Gasteiger partial charge in [0.15, 0.2) is 0 Å². The number of aromatic amines is 2. The molecule has 0 saturated heterocycles. The van der Waals surface area contributed by atoms with Gasteiger partial charge < -0.3 is 36.8 Å². The van der Waals surface area contributed by atoms with Gasteiger partial charge in [0.05, 0.1) is 12.4 Å². The smallest absolute Gasteiger partial charge is 0.325 e. The Labute approximate surface area is 223 Å². The number of aliphatic carboxylic acids is 1. The second kappa shape index (κ2) is 13.6. The van der Waals surface area contributed by atoms with Gasteiger partial charge in [0.1, 0.15) is 18.1 Å². The van der Waals surface area contributed by atoms with Crippen LogP contribution in [-0.4, -0.2) is 79.9 Å². The van der Waals surface area contributed by atoms with Crippen LogP contribution in [0, 0.1) is 0 Å². The minimum absolute atomic E-state index is 0.108. The normalized spacial score (nSPS) is 14.3.